The molecule has 4 heteroatoms. The summed E-state index contributed by atoms with van der Waals surface area (Å²) in [7, 11) is 0. The van der Waals surface area contributed by atoms with Crippen LogP contribution < -0.4 is 0 Å². The molecule has 0 radical (unpaired) electrons. The smallest absolute Gasteiger partial charge is 0.138 e. The van der Waals surface area contributed by atoms with Crippen molar-refractivity contribution in [1.29, 1.82) is 0 Å². The van der Waals surface area contributed by atoms with Crippen LogP contribution in [0, 0.1) is 0 Å². The first-order chi connectivity index (χ1) is 9.69. The third kappa shape index (κ3) is 2.18. The highest BCUT2D eigenvalue weighted by Gasteiger charge is 2.10. The number of hydrogen-bond donors (Lipinski definition) is 1. The first-order valence-electron chi connectivity index (χ1n) is 6.73. The molecule has 4 nitrogen and oxygen atoms in total. The van der Waals surface area contributed by atoms with Crippen LogP contribution in [0.2, 0.25) is 0 Å². The van der Waals surface area contributed by atoms with Crippen molar-refractivity contribution in [2.24, 2.45) is 0 Å². The zero-order valence-electron chi connectivity index (χ0n) is 11.6. The summed E-state index contributed by atoms with van der Waals surface area (Å²) in [6.07, 6.45) is 1.78. The Balaban J connectivity index is 2.20. The molecule has 102 valence electrons. The lowest BCUT2D eigenvalue weighted by Gasteiger charge is -2.11. The molecule has 2 aromatic heterocycles. The maximum atomic E-state index is 9.43. The van der Waals surface area contributed by atoms with Crippen LogP contribution in [0.3, 0.4) is 0 Å². The van der Waals surface area contributed by atoms with Crippen molar-refractivity contribution in [2.45, 2.75) is 26.4 Å². The Morgan fingerprint density at radius 3 is 2.75 bits per heavy atom. The summed E-state index contributed by atoms with van der Waals surface area (Å²) >= 11 is 0. The first-order valence-corrected chi connectivity index (χ1v) is 6.73. The highest BCUT2D eigenvalue weighted by atomic mass is 16.3. The van der Waals surface area contributed by atoms with E-state index >= 15 is 0 Å². The molecule has 0 unspecified atom stereocenters. The lowest BCUT2D eigenvalue weighted by Crippen LogP contribution is -2.03. The van der Waals surface area contributed by atoms with Gasteiger partial charge in [-0.3, -0.25) is 4.57 Å². The van der Waals surface area contributed by atoms with E-state index in [-0.39, 0.29) is 6.61 Å². The second-order valence-corrected chi connectivity index (χ2v) is 5.17. The van der Waals surface area contributed by atoms with Crippen molar-refractivity contribution in [2.75, 3.05) is 0 Å². The van der Waals surface area contributed by atoms with E-state index in [1.54, 1.807) is 6.33 Å². The quantitative estimate of drug-likeness (QED) is 0.793. The first kappa shape index (κ1) is 12.8. The van der Waals surface area contributed by atoms with Crippen molar-refractivity contribution in [3.05, 3.63) is 54.0 Å². The Morgan fingerprint density at radius 1 is 1.20 bits per heavy atom. The fourth-order valence-electron chi connectivity index (χ4n) is 2.25. The minimum Gasteiger partial charge on any atom is -0.392 e. The summed E-state index contributed by atoms with van der Waals surface area (Å²) in [6.45, 7) is 4.21. The molecule has 0 aliphatic heterocycles. The Labute approximate surface area is 117 Å². The van der Waals surface area contributed by atoms with Gasteiger partial charge < -0.3 is 5.11 Å². The van der Waals surface area contributed by atoms with Crippen LogP contribution >= 0.6 is 0 Å². The largest absolute Gasteiger partial charge is 0.392 e. The average Bonchev–Trinajstić information content (AvgIpc) is 2.90. The molecule has 1 N–H and O–H groups in total. The van der Waals surface area contributed by atoms with Crippen LogP contribution in [-0.2, 0) is 6.61 Å². The standard InChI is InChI=1S/C16H17N3O/c1-11(2)14-7-12(9-20)8-16(18-14)19-10-17-13-5-3-4-6-15(13)19/h3-8,10-11,20H,9H2,1-2H3. The Kier molecular flexibility index (Phi) is 3.24. The number of pyridine rings is 1. The number of aliphatic hydroxyl groups is 1. The maximum Gasteiger partial charge on any atom is 0.138 e. The van der Waals surface area contributed by atoms with Crippen molar-refractivity contribution >= 4 is 11.0 Å². The zero-order chi connectivity index (χ0) is 14.1. The second kappa shape index (κ2) is 5.06. The molecule has 0 amide bonds. The lowest BCUT2D eigenvalue weighted by molar-refractivity contribution is 0.281. The summed E-state index contributed by atoms with van der Waals surface area (Å²) in [6, 6.07) is 11.8. The van der Waals surface area contributed by atoms with E-state index in [4.69, 9.17) is 0 Å². The minimum atomic E-state index is 0.0157. The molecule has 2 heterocycles. The Hall–Kier alpha value is -2.20. The van der Waals surface area contributed by atoms with Gasteiger partial charge in [0.25, 0.3) is 0 Å². The van der Waals surface area contributed by atoms with Gasteiger partial charge in [-0.2, -0.15) is 0 Å². The summed E-state index contributed by atoms with van der Waals surface area (Å²) in [5.74, 6) is 1.11. The van der Waals surface area contributed by atoms with Crippen molar-refractivity contribution in [3.63, 3.8) is 0 Å². The van der Waals surface area contributed by atoms with Gasteiger partial charge in [0.1, 0.15) is 12.1 Å². The molecular weight excluding hydrogens is 250 g/mol. The summed E-state index contributed by atoms with van der Waals surface area (Å²) in [5, 5.41) is 9.43. The highest BCUT2D eigenvalue weighted by molar-refractivity contribution is 5.76. The third-order valence-electron chi connectivity index (χ3n) is 3.37. The molecule has 0 aliphatic carbocycles. The maximum absolute atomic E-state index is 9.43. The number of hydrogen-bond acceptors (Lipinski definition) is 3. The number of fused-ring (bicyclic) bond motifs is 1. The van der Waals surface area contributed by atoms with Gasteiger partial charge in [0.15, 0.2) is 0 Å². The van der Waals surface area contributed by atoms with Gasteiger partial charge in [-0.15, -0.1) is 0 Å². The van der Waals surface area contributed by atoms with Gasteiger partial charge in [-0.05, 0) is 35.7 Å². The van der Waals surface area contributed by atoms with Crippen LogP contribution in [0.25, 0.3) is 16.9 Å². The van der Waals surface area contributed by atoms with Crippen molar-refractivity contribution in [3.8, 4) is 5.82 Å². The van der Waals surface area contributed by atoms with Crippen molar-refractivity contribution in [1.82, 2.24) is 14.5 Å². The molecule has 3 aromatic rings. The predicted molar refractivity (Wildman–Crippen MR) is 78.9 cm³/mol. The fourth-order valence-corrected chi connectivity index (χ4v) is 2.25. The van der Waals surface area contributed by atoms with E-state index in [9.17, 15) is 5.11 Å². The normalized spacial score (nSPS) is 11.4. The van der Waals surface area contributed by atoms with E-state index in [0.29, 0.717) is 5.92 Å². The van der Waals surface area contributed by atoms with Gasteiger partial charge in [0.05, 0.1) is 17.6 Å². The van der Waals surface area contributed by atoms with E-state index in [2.05, 4.69) is 23.8 Å². The number of imidazole rings is 1. The molecule has 0 spiro atoms. The molecular formula is C16H17N3O. The van der Waals surface area contributed by atoms with Gasteiger partial charge >= 0.3 is 0 Å². The second-order valence-electron chi connectivity index (χ2n) is 5.17. The Morgan fingerprint density at radius 2 is 2.00 bits per heavy atom. The van der Waals surface area contributed by atoms with Gasteiger partial charge in [0, 0.05) is 5.69 Å². The van der Waals surface area contributed by atoms with Crippen LogP contribution in [0.5, 0.6) is 0 Å². The molecule has 0 saturated carbocycles. The summed E-state index contributed by atoms with van der Waals surface area (Å²) in [5.41, 5.74) is 3.81. The molecule has 0 saturated heterocycles. The summed E-state index contributed by atoms with van der Waals surface area (Å²) in [4.78, 5) is 9.07. The number of aliphatic hydroxyl groups excluding tert-OH is 1. The summed E-state index contributed by atoms with van der Waals surface area (Å²) < 4.78 is 1.96. The zero-order valence-corrected chi connectivity index (χ0v) is 11.6. The molecule has 0 fully saturated rings. The Bertz CT molecular complexity index is 746. The minimum absolute atomic E-state index is 0.0157. The molecule has 20 heavy (non-hydrogen) atoms. The average molecular weight is 267 g/mol. The number of para-hydroxylation sites is 2. The molecule has 0 atom stereocenters. The SMILES string of the molecule is CC(C)c1cc(CO)cc(-n2cnc3ccccc32)n1. The van der Waals surface area contributed by atoms with Crippen LogP contribution in [-0.4, -0.2) is 19.6 Å². The van der Waals surface area contributed by atoms with E-state index in [1.807, 2.05) is 41.0 Å². The van der Waals surface area contributed by atoms with E-state index in [0.717, 1.165) is 28.1 Å². The van der Waals surface area contributed by atoms with E-state index in [1.165, 1.54) is 0 Å². The van der Waals surface area contributed by atoms with Gasteiger partial charge in [0.2, 0.25) is 0 Å². The number of aromatic nitrogens is 3. The van der Waals surface area contributed by atoms with Gasteiger partial charge in [-0.1, -0.05) is 26.0 Å². The predicted octanol–water partition coefficient (Wildman–Crippen LogP) is 3.04. The molecule has 0 bridgehead atoms. The molecule has 3 rings (SSSR count). The van der Waals surface area contributed by atoms with Crippen LogP contribution in [0.15, 0.2) is 42.7 Å². The van der Waals surface area contributed by atoms with Crippen molar-refractivity contribution < 1.29 is 5.11 Å². The van der Waals surface area contributed by atoms with Crippen LogP contribution in [0.1, 0.15) is 31.0 Å². The number of rotatable bonds is 3. The van der Waals surface area contributed by atoms with Gasteiger partial charge in [-0.25, -0.2) is 9.97 Å². The number of benzene rings is 1. The monoisotopic (exact) mass is 267 g/mol. The third-order valence-corrected chi connectivity index (χ3v) is 3.37. The molecule has 0 aliphatic rings. The fraction of sp³-hybridized carbons (Fsp3) is 0.250. The molecule has 1 aromatic carbocycles. The highest BCUT2D eigenvalue weighted by Crippen LogP contribution is 2.21. The van der Waals surface area contributed by atoms with Crippen LogP contribution in [0.4, 0.5) is 0 Å². The van der Waals surface area contributed by atoms with E-state index < -0.39 is 0 Å². The topological polar surface area (TPSA) is 50.9 Å². The number of nitrogens with zero attached hydrogens (tertiary/aromatic N) is 3. The lowest BCUT2D eigenvalue weighted by atomic mass is 10.1.